The van der Waals surface area contributed by atoms with E-state index in [0.29, 0.717) is 55.4 Å². The fourth-order valence-corrected chi connectivity index (χ4v) is 0. The van der Waals surface area contributed by atoms with E-state index in [-0.39, 0.29) is 6.61 Å². The number of hydrogen-bond acceptors (Lipinski definition) is 5. The van der Waals surface area contributed by atoms with Gasteiger partial charge in [-0.15, -0.1) is 0 Å². The molecule has 14 heavy (non-hydrogen) atoms. The van der Waals surface area contributed by atoms with E-state index in [1.165, 1.54) is 6.92 Å². The quantitative estimate of drug-likeness (QED) is 0.413. The summed E-state index contributed by atoms with van der Waals surface area (Å²) < 4.78 is 0.354. The third-order valence-electron chi connectivity index (χ3n) is 0.486. The molecular weight excluding hydrogens is 217 g/mol. The van der Waals surface area contributed by atoms with Crippen LogP contribution in [0.25, 0.3) is 0 Å². The van der Waals surface area contributed by atoms with Crippen molar-refractivity contribution in [2.24, 2.45) is 5.73 Å². The molecule has 1 atom stereocenters. The monoisotopic (exact) mass is 233 g/mol. The van der Waals surface area contributed by atoms with Gasteiger partial charge in [-0.25, -0.2) is 4.79 Å². The van der Waals surface area contributed by atoms with Crippen molar-refractivity contribution in [1.82, 2.24) is 0 Å². The second kappa shape index (κ2) is 16.1. The molecule has 0 aromatic rings. The predicted molar refractivity (Wildman–Crippen MR) is 51.9 cm³/mol. The van der Waals surface area contributed by atoms with Crippen LogP contribution >= 0.6 is 0 Å². The van der Waals surface area contributed by atoms with Crippen LogP contribution in [0.5, 0.6) is 0 Å². The van der Waals surface area contributed by atoms with Crippen LogP contribution in [0.1, 0.15) is 13.8 Å². The number of rotatable bonds is 2. The Hall–Kier alpha value is 0.656. The Morgan fingerprint density at radius 3 is 1.64 bits per heavy atom. The van der Waals surface area contributed by atoms with Gasteiger partial charge in [0.05, 0.1) is 6.61 Å². The second-order valence-electron chi connectivity index (χ2n) is 2.43. The van der Waals surface area contributed by atoms with Crippen molar-refractivity contribution in [1.29, 1.82) is 0 Å². The number of hydrogen-bond donors (Lipinski definition) is 4. The van der Waals surface area contributed by atoms with Gasteiger partial charge in [-0.1, -0.05) is 0 Å². The molecule has 0 fully saturated rings. The number of carbonyl (C=O) groups excluding carboxylic acids is 1. The van der Waals surface area contributed by atoms with Gasteiger partial charge in [0.25, 0.3) is 0 Å². The fourth-order valence-electron chi connectivity index (χ4n) is 0. The van der Waals surface area contributed by atoms with E-state index in [2.05, 4.69) is 0 Å². The molecule has 0 saturated heterocycles. The molecule has 0 rings (SSSR count). The molecule has 0 aliphatic rings. The number of aliphatic hydroxyl groups is 2. The van der Waals surface area contributed by atoms with Crippen molar-refractivity contribution in [3.8, 4) is 0 Å². The molecule has 0 spiro atoms. The molecule has 80 valence electrons. The Balaban J connectivity index is -0.000000135. The molecule has 0 radical (unpaired) electrons. The average molecular weight is 233 g/mol. The van der Waals surface area contributed by atoms with Crippen LogP contribution in [0.4, 0.5) is 0 Å². The Labute approximate surface area is 117 Å². The largest absolute Gasteiger partial charge is 0.395 e. The summed E-state index contributed by atoms with van der Waals surface area (Å²) in [6, 6.07) is 0. The van der Waals surface area contributed by atoms with E-state index in [1.54, 1.807) is 6.92 Å². The molecule has 0 aliphatic heterocycles. The van der Waals surface area contributed by atoms with Gasteiger partial charge in [0, 0.05) is 6.54 Å². The molecule has 7 heteroatoms. The van der Waals surface area contributed by atoms with Gasteiger partial charge in [0.1, 0.15) is 6.10 Å². The van der Waals surface area contributed by atoms with E-state index in [4.69, 9.17) is 21.1 Å². The number of nitrogens with two attached hydrogens (primary N) is 1. The summed E-state index contributed by atoms with van der Waals surface area (Å²) in [5.74, 6) is -1.19. The van der Waals surface area contributed by atoms with Crippen molar-refractivity contribution in [2.75, 3.05) is 13.2 Å². The first-order chi connectivity index (χ1) is 6.29. The Morgan fingerprint density at radius 1 is 1.50 bits per heavy atom. The smallest absolute Gasteiger partial charge is 0.0553 e. The Bertz CT molecular complexity index is 145. The number of aliphatic hydroxyl groups excluding tert-OH is 2. The van der Waals surface area contributed by atoms with E-state index in [0.717, 1.165) is 0 Å². The van der Waals surface area contributed by atoms with Crippen LogP contribution in [0.2, 0.25) is 0 Å². The van der Waals surface area contributed by atoms with E-state index in [1.807, 2.05) is 0 Å². The minimum absolute atomic E-state index is 0.0972. The van der Waals surface area contributed by atoms with E-state index in [9.17, 15) is 9.59 Å². The summed E-state index contributed by atoms with van der Waals surface area (Å²) >= 11 is 0.424. The minimum atomic E-state index is -1.23. The molecule has 0 amide bonds. The number of carbonyl (C=O) groups is 2. The molecule has 0 aromatic heterocycles. The SMILES string of the molecule is CC(O)C(=O)O.C[C](=O)[K].NCCO. The fraction of sp³-hybridized carbons (Fsp3) is 0.714. The van der Waals surface area contributed by atoms with Gasteiger partial charge >= 0.3 is 66.5 Å². The summed E-state index contributed by atoms with van der Waals surface area (Å²) in [6.45, 7) is 3.28. The Kier molecular flexibility index (Phi) is 23.1. The zero-order valence-corrected chi connectivity index (χ0v) is 11.9. The summed E-state index contributed by atoms with van der Waals surface area (Å²) in [6.07, 6.45) is -1.23. The standard InChI is InChI=1S/C3H6O3.C2H7NO.C2H3O.K/c1-2(4)3(5)6;3-1-2-4;1-2-3;/h2,4H,1H3,(H,5,6);4H,1-3H2;1H3;. The topological polar surface area (TPSA) is 121 Å². The molecule has 5 N–H and O–H groups in total. The molecular formula is C7H16KNO5. The average Bonchev–Trinajstić information content (AvgIpc) is 2.03. The normalized spacial score (nSPS) is 9.93. The van der Waals surface area contributed by atoms with Crippen molar-refractivity contribution in [2.45, 2.75) is 20.0 Å². The van der Waals surface area contributed by atoms with Crippen LogP contribution in [0.15, 0.2) is 0 Å². The van der Waals surface area contributed by atoms with Crippen molar-refractivity contribution in [3.05, 3.63) is 0 Å². The van der Waals surface area contributed by atoms with Crippen LogP contribution < -0.4 is 5.73 Å². The maximum atomic E-state index is 9.53. The first-order valence-electron chi connectivity index (χ1n) is 3.98. The van der Waals surface area contributed by atoms with Gasteiger partial charge < -0.3 is 21.1 Å². The first-order valence-corrected chi connectivity index (χ1v) is 5.54. The molecule has 0 aromatic carbocycles. The summed E-state index contributed by atoms with van der Waals surface area (Å²) in [4.78, 5) is 19.0. The van der Waals surface area contributed by atoms with Crippen molar-refractivity contribution >= 4 is 54.8 Å². The van der Waals surface area contributed by atoms with Crippen molar-refractivity contribution in [3.63, 3.8) is 0 Å². The van der Waals surface area contributed by atoms with Gasteiger partial charge in [0.15, 0.2) is 0 Å². The van der Waals surface area contributed by atoms with Crippen LogP contribution in [0, 0.1) is 0 Å². The van der Waals surface area contributed by atoms with Crippen LogP contribution in [-0.4, -0.2) is 89.4 Å². The molecule has 1 unspecified atom stereocenters. The van der Waals surface area contributed by atoms with E-state index >= 15 is 0 Å². The summed E-state index contributed by atoms with van der Waals surface area (Å²) in [7, 11) is 0. The predicted octanol–water partition coefficient (Wildman–Crippen LogP) is -1.91. The van der Waals surface area contributed by atoms with Gasteiger partial charge in [-0.2, -0.15) is 0 Å². The van der Waals surface area contributed by atoms with Gasteiger partial charge in [0.2, 0.25) is 0 Å². The van der Waals surface area contributed by atoms with Gasteiger partial charge in [-0.05, 0) is 6.92 Å². The number of carboxylic acids is 1. The Morgan fingerprint density at radius 2 is 1.64 bits per heavy atom. The summed E-state index contributed by atoms with van der Waals surface area (Å²) in [5, 5.41) is 23.5. The molecule has 0 saturated carbocycles. The van der Waals surface area contributed by atoms with Crippen LogP contribution in [-0.2, 0) is 9.59 Å². The summed E-state index contributed by atoms with van der Waals surface area (Å²) in [5.41, 5.74) is 4.78. The maximum absolute atomic E-state index is 9.53. The molecule has 6 nitrogen and oxygen atoms in total. The van der Waals surface area contributed by atoms with Gasteiger partial charge in [-0.3, -0.25) is 0 Å². The zero-order chi connectivity index (χ0) is 12.1. The van der Waals surface area contributed by atoms with E-state index < -0.39 is 12.1 Å². The van der Waals surface area contributed by atoms with Crippen molar-refractivity contribution < 1.29 is 24.9 Å². The third-order valence-corrected chi connectivity index (χ3v) is 0.486. The minimum Gasteiger partial charge on any atom is -0.395 e. The second-order valence-corrected chi connectivity index (χ2v) is 4.63. The molecule has 0 aliphatic carbocycles. The number of carboxylic acid groups (broad SMARTS) is 1. The first kappa shape index (κ1) is 20.1. The molecule has 0 heterocycles. The maximum Gasteiger partial charge on any atom is 0.0553 e. The zero-order valence-electron chi connectivity index (χ0n) is 8.73. The third kappa shape index (κ3) is 53.7. The molecule has 0 bridgehead atoms. The number of aliphatic carboxylic acids is 1. The van der Waals surface area contributed by atoms with Crippen LogP contribution in [0.3, 0.4) is 0 Å².